The zero-order valence-electron chi connectivity index (χ0n) is 18.6. The van der Waals surface area contributed by atoms with Crippen LogP contribution in [0.3, 0.4) is 0 Å². The Morgan fingerprint density at radius 3 is 2.55 bits per heavy atom. The smallest absolute Gasteiger partial charge is 0.162 e. The topological polar surface area (TPSA) is 58.4 Å². The number of ketones is 1. The highest BCUT2D eigenvalue weighted by Gasteiger charge is 2.40. The van der Waals surface area contributed by atoms with Crippen LogP contribution in [0.15, 0.2) is 60.2 Å². The summed E-state index contributed by atoms with van der Waals surface area (Å²) in [5.74, 6) is 0.234. The summed E-state index contributed by atoms with van der Waals surface area (Å²) >= 11 is 0. The summed E-state index contributed by atoms with van der Waals surface area (Å²) < 4.78 is 0. The lowest BCUT2D eigenvalue weighted by Gasteiger charge is -2.40. The van der Waals surface area contributed by atoms with Crippen molar-refractivity contribution in [1.29, 1.82) is 0 Å². The Balaban J connectivity index is 1.75. The first-order valence-electron chi connectivity index (χ1n) is 10.9. The maximum absolute atomic E-state index is 13.5. The molecule has 1 heterocycles. The number of nitrogen functional groups attached to an aromatic ring is 1. The van der Waals surface area contributed by atoms with Crippen molar-refractivity contribution < 1.29 is 4.79 Å². The van der Waals surface area contributed by atoms with Gasteiger partial charge in [-0.15, -0.1) is 0 Å². The number of nitrogens with one attached hydrogen (secondary N) is 1. The van der Waals surface area contributed by atoms with Crippen LogP contribution in [0.4, 0.5) is 17.1 Å². The normalized spacial score (nSPS) is 19.6. The Morgan fingerprint density at radius 2 is 1.81 bits per heavy atom. The van der Waals surface area contributed by atoms with Crippen molar-refractivity contribution in [2.24, 2.45) is 5.41 Å². The molecule has 1 aliphatic carbocycles. The van der Waals surface area contributed by atoms with E-state index in [9.17, 15) is 4.79 Å². The van der Waals surface area contributed by atoms with Crippen LogP contribution in [0, 0.1) is 5.41 Å². The zero-order chi connectivity index (χ0) is 21.9. The van der Waals surface area contributed by atoms with Gasteiger partial charge in [0.2, 0.25) is 0 Å². The quantitative estimate of drug-likeness (QED) is 0.524. The first kappa shape index (κ1) is 19.7. The first-order valence-corrected chi connectivity index (χ1v) is 10.9. The van der Waals surface area contributed by atoms with Crippen LogP contribution in [0.2, 0.25) is 0 Å². The standard InChI is InChI=1S/C27H29N3O/c1-27(2)14-19-24-18-8-6-5-7-16(18)9-11-21(24)29-26(25(19)23(31)15-27)17-10-12-22(30(3)4)20(28)13-17/h5-13,26,29H,14-15,28H2,1-4H3. The minimum absolute atomic E-state index is 0.0557. The second kappa shape index (κ2) is 6.88. The third kappa shape index (κ3) is 3.18. The average Bonchev–Trinajstić information content (AvgIpc) is 2.71. The summed E-state index contributed by atoms with van der Waals surface area (Å²) in [6, 6.07) is 18.7. The predicted octanol–water partition coefficient (Wildman–Crippen LogP) is 5.80. The Labute approximate surface area is 183 Å². The minimum atomic E-state index is -0.189. The lowest BCUT2D eigenvalue weighted by atomic mass is 9.68. The van der Waals surface area contributed by atoms with Gasteiger partial charge in [-0.05, 0) is 51.9 Å². The third-order valence-electron chi connectivity index (χ3n) is 6.61. The molecule has 0 amide bonds. The van der Waals surface area contributed by atoms with Gasteiger partial charge in [-0.2, -0.15) is 0 Å². The van der Waals surface area contributed by atoms with Gasteiger partial charge in [0.15, 0.2) is 5.78 Å². The van der Waals surface area contributed by atoms with E-state index in [0.717, 1.165) is 34.6 Å². The summed E-state index contributed by atoms with van der Waals surface area (Å²) in [5, 5.41) is 6.09. The van der Waals surface area contributed by atoms with Crippen molar-refractivity contribution in [2.75, 3.05) is 30.0 Å². The molecule has 1 atom stereocenters. The summed E-state index contributed by atoms with van der Waals surface area (Å²) in [6.45, 7) is 4.39. The number of anilines is 3. The van der Waals surface area contributed by atoms with Crippen molar-refractivity contribution in [3.05, 3.63) is 71.3 Å². The summed E-state index contributed by atoms with van der Waals surface area (Å²) in [7, 11) is 3.97. The maximum atomic E-state index is 13.5. The van der Waals surface area contributed by atoms with E-state index in [1.165, 1.54) is 21.9 Å². The Kier molecular flexibility index (Phi) is 4.37. The number of nitrogens with zero attached hydrogens (tertiary/aromatic N) is 1. The van der Waals surface area contributed by atoms with Crippen LogP contribution in [0.1, 0.15) is 43.9 Å². The molecule has 0 bridgehead atoms. The number of benzene rings is 3. The lowest BCUT2D eigenvalue weighted by molar-refractivity contribution is -0.118. The number of carbonyl (C=O) groups excluding carboxylic acids is 1. The van der Waals surface area contributed by atoms with Gasteiger partial charge in [0.05, 0.1) is 17.4 Å². The van der Waals surface area contributed by atoms with E-state index < -0.39 is 0 Å². The Morgan fingerprint density at radius 1 is 1.03 bits per heavy atom. The number of hydrogen-bond acceptors (Lipinski definition) is 4. The van der Waals surface area contributed by atoms with Crippen LogP contribution >= 0.6 is 0 Å². The average molecular weight is 412 g/mol. The molecule has 3 N–H and O–H groups in total. The number of rotatable bonds is 2. The van der Waals surface area contributed by atoms with Gasteiger partial charge in [0, 0.05) is 37.3 Å². The van der Waals surface area contributed by atoms with E-state index in [1.54, 1.807) is 0 Å². The van der Waals surface area contributed by atoms with Crippen LogP contribution in [0.25, 0.3) is 16.3 Å². The van der Waals surface area contributed by atoms with Crippen LogP contribution in [0.5, 0.6) is 0 Å². The van der Waals surface area contributed by atoms with Crippen LogP contribution in [-0.2, 0) is 4.79 Å². The number of Topliss-reactive ketones (excluding diaryl/α,β-unsaturated/α-hetero) is 1. The molecule has 1 unspecified atom stereocenters. The minimum Gasteiger partial charge on any atom is -0.397 e. The molecule has 2 aliphatic rings. The largest absolute Gasteiger partial charge is 0.397 e. The van der Waals surface area contributed by atoms with Gasteiger partial charge < -0.3 is 16.0 Å². The summed E-state index contributed by atoms with van der Waals surface area (Å²) in [5.41, 5.74) is 13.4. The Bertz CT molecular complexity index is 1250. The van der Waals surface area contributed by atoms with Gasteiger partial charge >= 0.3 is 0 Å². The number of nitrogens with two attached hydrogens (primary N) is 1. The fraction of sp³-hybridized carbons (Fsp3) is 0.296. The van der Waals surface area contributed by atoms with Gasteiger partial charge in [0.1, 0.15) is 0 Å². The molecule has 31 heavy (non-hydrogen) atoms. The van der Waals surface area contributed by atoms with E-state index in [0.29, 0.717) is 6.42 Å². The predicted molar refractivity (Wildman–Crippen MR) is 130 cm³/mol. The van der Waals surface area contributed by atoms with Gasteiger partial charge in [-0.1, -0.05) is 50.2 Å². The number of carbonyl (C=O) groups is 1. The van der Waals surface area contributed by atoms with Crippen molar-refractivity contribution >= 4 is 39.2 Å². The molecule has 0 saturated carbocycles. The van der Waals surface area contributed by atoms with E-state index in [2.05, 4.69) is 61.6 Å². The molecule has 0 saturated heterocycles. The van der Waals surface area contributed by atoms with Crippen molar-refractivity contribution in [3.8, 4) is 0 Å². The number of allylic oxidation sites excluding steroid dienone is 1. The summed E-state index contributed by atoms with van der Waals surface area (Å²) in [6.07, 6.45) is 1.45. The molecule has 0 aromatic heterocycles. The monoisotopic (exact) mass is 411 g/mol. The molecule has 158 valence electrons. The van der Waals surface area contributed by atoms with Crippen molar-refractivity contribution in [1.82, 2.24) is 0 Å². The molecule has 3 aromatic rings. The number of hydrogen-bond donors (Lipinski definition) is 2. The first-order chi connectivity index (χ1) is 14.7. The van der Waals surface area contributed by atoms with Gasteiger partial charge in [0.25, 0.3) is 0 Å². The SMILES string of the molecule is CN(C)c1ccc(C2Nc3ccc4ccccc4c3C3=C2C(=O)CC(C)(C)C3)cc1N. The molecule has 0 radical (unpaired) electrons. The Hall–Kier alpha value is -3.27. The van der Waals surface area contributed by atoms with Crippen molar-refractivity contribution in [3.63, 3.8) is 0 Å². The molecular weight excluding hydrogens is 382 g/mol. The molecule has 5 rings (SSSR count). The fourth-order valence-corrected chi connectivity index (χ4v) is 5.25. The second-order valence-corrected chi connectivity index (χ2v) is 9.83. The van der Waals surface area contributed by atoms with E-state index in [-0.39, 0.29) is 17.2 Å². The van der Waals surface area contributed by atoms with E-state index >= 15 is 0 Å². The van der Waals surface area contributed by atoms with E-state index in [4.69, 9.17) is 5.73 Å². The van der Waals surface area contributed by atoms with Crippen LogP contribution in [-0.4, -0.2) is 19.9 Å². The van der Waals surface area contributed by atoms with Crippen molar-refractivity contribution in [2.45, 2.75) is 32.7 Å². The maximum Gasteiger partial charge on any atom is 0.162 e. The van der Waals surface area contributed by atoms with Gasteiger partial charge in [-0.3, -0.25) is 4.79 Å². The molecule has 0 fully saturated rings. The molecule has 4 nitrogen and oxygen atoms in total. The zero-order valence-corrected chi connectivity index (χ0v) is 18.6. The molecular formula is C27H29N3O. The highest BCUT2D eigenvalue weighted by Crippen LogP contribution is 2.52. The molecule has 3 aromatic carbocycles. The summed E-state index contributed by atoms with van der Waals surface area (Å²) in [4.78, 5) is 15.5. The molecule has 1 aliphatic heterocycles. The highest BCUT2D eigenvalue weighted by molar-refractivity contribution is 6.12. The molecule has 0 spiro atoms. The lowest BCUT2D eigenvalue weighted by Crippen LogP contribution is -2.33. The number of fused-ring (bicyclic) bond motifs is 4. The highest BCUT2D eigenvalue weighted by atomic mass is 16.1. The fourth-order valence-electron chi connectivity index (χ4n) is 5.25. The van der Waals surface area contributed by atoms with Gasteiger partial charge in [-0.25, -0.2) is 0 Å². The van der Waals surface area contributed by atoms with E-state index in [1.807, 2.05) is 31.1 Å². The molecule has 4 heteroatoms. The van der Waals surface area contributed by atoms with Crippen LogP contribution < -0.4 is 16.0 Å². The third-order valence-corrected chi connectivity index (χ3v) is 6.61. The second-order valence-electron chi connectivity index (χ2n) is 9.83.